The third-order valence-electron chi connectivity index (χ3n) is 4.16. The number of hydrogen-bond donors (Lipinski definition) is 1. The highest BCUT2D eigenvalue weighted by Crippen LogP contribution is 2.26. The van der Waals surface area contributed by atoms with Crippen LogP contribution in [-0.4, -0.2) is 17.8 Å². The summed E-state index contributed by atoms with van der Waals surface area (Å²) in [5.74, 6) is -0.539. The van der Waals surface area contributed by atoms with Crippen molar-refractivity contribution in [3.63, 3.8) is 0 Å². The van der Waals surface area contributed by atoms with Gasteiger partial charge >= 0.3 is 6.03 Å². The molecule has 4 rings (SSSR count). The van der Waals surface area contributed by atoms with E-state index >= 15 is 0 Å². The van der Waals surface area contributed by atoms with Gasteiger partial charge in [0.05, 0.1) is 5.69 Å². The van der Waals surface area contributed by atoms with E-state index < -0.39 is 17.8 Å². The van der Waals surface area contributed by atoms with Gasteiger partial charge in [0.25, 0.3) is 11.8 Å². The predicted octanol–water partition coefficient (Wildman–Crippen LogP) is 4.38. The Labute approximate surface area is 168 Å². The van der Waals surface area contributed by atoms with Crippen molar-refractivity contribution in [3.05, 3.63) is 82.5 Å². The molecule has 2 heterocycles. The van der Waals surface area contributed by atoms with E-state index in [1.165, 1.54) is 6.08 Å². The van der Waals surface area contributed by atoms with Crippen molar-refractivity contribution in [2.75, 3.05) is 4.90 Å². The number of rotatable bonds is 3. The highest BCUT2D eigenvalue weighted by molar-refractivity contribution is 9.10. The Kier molecular flexibility index (Phi) is 4.67. The molecule has 0 spiro atoms. The topological polar surface area (TPSA) is 79.6 Å². The number of nitrogens with one attached hydrogen (secondary N) is 1. The summed E-state index contributed by atoms with van der Waals surface area (Å²) in [7, 11) is 0. The van der Waals surface area contributed by atoms with Crippen LogP contribution >= 0.6 is 15.9 Å². The molecule has 3 aromatic rings. The maximum atomic E-state index is 12.8. The molecule has 0 radical (unpaired) electrons. The number of benzene rings is 2. The number of carbonyl (C=O) groups excluding carboxylic acids is 3. The van der Waals surface area contributed by atoms with Gasteiger partial charge in [-0.3, -0.25) is 14.9 Å². The van der Waals surface area contributed by atoms with Crippen LogP contribution in [0.15, 0.2) is 81.2 Å². The minimum atomic E-state index is -0.784. The van der Waals surface area contributed by atoms with Crippen LogP contribution in [0.2, 0.25) is 0 Å². The first-order valence-electron chi connectivity index (χ1n) is 8.35. The molecule has 1 aromatic heterocycles. The number of barbiturate groups is 1. The molecule has 1 aliphatic rings. The SMILES string of the molecule is O=C1NC(=O)N(c2ccccc2)C(=O)/C1=C\c1ccc(-c2ccc(Br)cc2)o1. The largest absolute Gasteiger partial charge is 0.457 e. The van der Waals surface area contributed by atoms with Crippen molar-refractivity contribution in [1.82, 2.24) is 5.32 Å². The smallest absolute Gasteiger partial charge is 0.335 e. The number of para-hydroxylation sites is 1. The zero-order valence-electron chi connectivity index (χ0n) is 14.4. The van der Waals surface area contributed by atoms with Gasteiger partial charge in [-0.15, -0.1) is 0 Å². The first-order chi connectivity index (χ1) is 13.5. The molecule has 1 fully saturated rings. The summed E-state index contributed by atoms with van der Waals surface area (Å²) in [5.41, 5.74) is 1.05. The summed E-state index contributed by atoms with van der Waals surface area (Å²) in [6.45, 7) is 0. The molecule has 1 N–H and O–H groups in total. The van der Waals surface area contributed by atoms with E-state index in [-0.39, 0.29) is 5.57 Å². The van der Waals surface area contributed by atoms with Crippen LogP contribution in [0.25, 0.3) is 17.4 Å². The molecule has 4 amide bonds. The number of anilines is 1. The van der Waals surface area contributed by atoms with E-state index in [4.69, 9.17) is 4.42 Å². The predicted molar refractivity (Wildman–Crippen MR) is 107 cm³/mol. The number of imide groups is 2. The average molecular weight is 437 g/mol. The van der Waals surface area contributed by atoms with Crippen molar-refractivity contribution in [3.8, 4) is 11.3 Å². The minimum absolute atomic E-state index is 0.180. The van der Waals surface area contributed by atoms with Gasteiger partial charge in [0.1, 0.15) is 17.1 Å². The number of nitrogens with zero attached hydrogens (tertiary/aromatic N) is 1. The van der Waals surface area contributed by atoms with E-state index in [1.807, 2.05) is 24.3 Å². The second-order valence-corrected chi connectivity index (χ2v) is 6.92. The zero-order valence-corrected chi connectivity index (χ0v) is 16.0. The average Bonchev–Trinajstić information content (AvgIpc) is 3.15. The van der Waals surface area contributed by atoms with E-state index in [9.17, 15) is 14.4 Å². The van der Waals surface area contributed by atoms with Crippen LogP contribution in [0, 0.1) is 0 Å². The molecule has 0 saturated carbocycles. The van der Waals surface area contributed by atoms with Gasteiger partial charge in [-0.1, -0.05) is 46.3 Å². The van der Waals surface area contributed by atoms with Gasteiger partial charge < -0.3 is 4.42 Å². The molecule has 1 aliphatic heterocycles. The van der Waals surface area contributed by atoms with Crippen LogP contribution in [-0.2, 0) is 9.59 Å². The fraction of sp³-hybridized carbons (Fsp3) is 0. The van der Waals surface area contributed by atoms with E-state index in [0.29, 0.717) is 17.2 Å². The Hall–Kier alpha value is -3.45. The molecule has 2 aromatic carbocycles. The molecular weight excluding hydrogens is 424 g/mol. The fourth-order valence-corrected chi connectivity index (χ4v) is 3.08. The van der Waals surface area contributed by atoms with E-state index in [2.05, 4.69) is 21.2 Å². The molecule has 0 atom stereocenters. The quantitative estimate of drug-likeness (QED) is 0.488. The van der Waals surface area contributed by atoms with Gasteiger partial charge in [-0.25, -0.2) is 9.69 Å². The van der Waals surface area contributed by atoms with Crippen LogP contribution < -0.4 is 10.2 Å². The lowest BCUT2D eigenvalue weighted by Gasteiger charge is -2.26. The Morgan fingerprint density at radius 1 is 0.893 bits per heavy atom. The number of amides is 4. The fourth-order valence-electron chi connectivity index (χ4n) is 2.81. The van der Waals surface area contributed by atoms with Crippen molar-refractivity contribution in [2.24, 2.45) is 0 Å². The second kappa shape index (κ2) is 7.28. The Morgan fingerprint density at radius 2 is 1.61 bits per heavy atom. The van der Waals surface area contributed by atoms with Gasteiger partial charge in [0, 0.05) is 10.0 Å². The lowest BCUT2D eigenvalue weighted by atomic mass is 10.1. The van der Waals surface area contributed by atoms with Crippen molar-refractivity contribution < 1.29 is 18.8 Å². The van der Waals surface area contributed by atoms with Gasteiger partial charge in [0.15, 0.2) is 0 Å². The van der Waals surface area contributed by atoms with E-state index in [1.54, 1.807) is 42.5 Å². The lowest BCUT2D eigenvalue weighted by molar-refractivity contribution is -0.122. The standard InChI is InChI=1S/C21H13BrN2O4/c22-14-8-6-13(7-9-14)18-11-10-16(28-18)12-17-19(25)23-21(27)24(20(17)26)15-4-2-1-3-5-15/h1-12H,(H,23,25,27)/b17-12-. The number of halogens is 1. The summed E-state index contributed by atoms with van der Waals surface area (Å²) in [5, 5.41) is 2.19. The monoisotopic (exact) mass is 436 g/mol. The summed E-state index contributed by atoms with van der Waals surface area (Å²) in [6.07, 6.45) is 1.34. The van der Waals surface area contributed by atoms with Crippen LogP contribution in [0.1, 0.15) is 5.76 Å². The van der Waals surface area contributed by atoms with Gasteiger partial charge in [-0.05, 0) is 42.5 Å². The summed E-state index contributed by atoms with van der Waals surface area (Å²) < 4.78 is 6.69. The van der Waals surface area contributed by atoms with Crippen molar-refractivity contribution in [2.45, 2.75) is 0 Å². The molecular formula is C21H13BrN2O4. The number of furan rings is 1. The number of hydrogen-bond acceptors (Lipinski definition) is 4. The Morgan fingerprint density at radius 3 is 2.32 bits per heavy atom. The highest BCUT2D eigenvalue weighted by Gasteiger charge is 2.36. The minimum Gasteiger partial charge on any atom is -0.457 e. The highest BCUT2D eigenvalue weighted by atomic mass is 79.9. The zero-order chi connectivity index (χ0) is 19.7. The normalized spacial score (nSPS) is 15.8. The van der Waals surface area contributed by atoms with E-state index in [0.717, 1.165) is 14.9 Å². The molecule has 7 heteroatoms. The number of carbonyl (C=O) groups is 3. The molecule has 138 valence electrons. The maximum absolute atomic E-state index is 12.8. The third kappa shape index (κ3) is 3.39. The number of urea groups is 1. The maximum Gasteiger partial charge on any atom is 0.335 e. The van der Waals surface area contributed by atoms with Crippen LogP contribution in [0.3, 0.4) is 0 Å². The second-order valence-electron chi connectivity index (χ2n) is 6.00. The molecule has 0 aliphatic carbocycles. The van der Waals surface area contributed by atoms with Crippen molar-refractivity contribution >= 4 is 45.5 Å². The molecule has 0 bridgehead atoms. The molecule has 28 heavy (non-hydrogen) atoms. The summed E-state index contributed by atoms with van der Waals surface area (Å²) in [4.78, 5) is 38.1. The summed E-state index contributed by atoms with van der Waals surface area (Å²) in [6, 6.07) is 18.6. The first-order valence-corrected chi connectivity index (χ1v) is 9.14. The Balaban J connectivity index is 1.67. The van der Waals surface area contributed by atoms with Crippen LogP contribution in [0.5, 0.6) is 0 Å². The molecule has 6 nitrogen and oxygen atoms in total. The third-order valence-corrected chi connectivity index (χ3v) is 4.69. The van der Waals surface area contributed by atoms with Crippen LogP contribution in [0.4, 0.5) is 10.5 Å². The summed E-state index contributed by atoms with van der Waals surface area (Å²) >= 11 is 3.38. The lowest BCUT2D eigenvalue weighted by Crippen LogP contribution is -2.54. The van der Waals surface area contributed by atoms with Gasteiger partial charge in [-0.2, -0.15) is 0 Å². The van der Waals surface area contributed by atoms with Crippen molar-refractivity contribution in [1.29, 1.82) is 0 Å². The molecule has 0 unspecified atom stereocenters. The first kappa shape index (κ1) is 17.9. The molecule has 1 saturated heterocycles. The van der Waals surface area contributed by atoms with Gasteiger partial charge in [0.2, 0.25) is 0 Å². The Bertz CT molecular complexity index is 1100.